The summed E-state index contributed by atoms with van der Waals surface area (Å²) in [5, 5.41) is 10.7. The van der Waals surface area contributed by atoms with E-state index < -0.39 is 11.9 Å². The van der Waals surface area contributed by atoms with Gasteiger partial charge in [-0.3, -0.25) is 0 Å². The molecule has 0 spiro atoms. The first-order valence-electron chi connectivity index (χ1n) is 4.38. The zero-order chi connectivity index (χ0) is 10.6. The summed E-state index contributed by atoms with van der Waals surface area (Å²) >= 11 is 3.33. The number of carbonyl (C=O) groups is 1. The lowest BCUT2D eigenvalue weighted by Crippen LogP contribution is -2.57. The maximum absolute atomic E-state index is 10.7. The van der Waals surface area contributed by atoms with Crippen molar-refractivity contribution in [3.8, 4) is 0 Å². The van der Waals surface area contributed by atoms with Gasteiger partial charge in [0.1, 0.15) is 0 Å². The molecule has 4 heteroatoms. The van der Waals surface area contributed by atoms with E-state index in [0.29, 0.717) is 13.0 Å². The molecule has 3 N–H and O–H groups in total. The van der Waals surface area contributed by atoms with Crippen LogP contribution in [0, 0.1) is 5.92 Å². The third-order valence-electron chi connectivity index (χ3n) is 2.05. The average Bonchev–Trinajstić information content (AvgIpc) is 2.14. The van der Waals surface area contributed by atoms with Gasteiger partial charge >= 0.3 is 0 Å². The summed E-state index contributed by atoms with van der Waals surface area (Å²) in [6.07, 6.45) is 0.477. The second kappa shape index (κ2) is 5.12. The molecule has 1 aromatic carbocycles. The molecular formula is C10H12BrNO2. The van der Waals surface area contributed by atoms with E-state index in [0.717, 1.165) is 10.0 Å². The van der Waals surface area contributed by atoms with Crippen LogP contribution in [-0.2, 0) is 11.2 Å². The van der Waals surface area contributed by atoms with E-state index in [9.17, 15) is 9.90 Å². The zero-order valence-electron chi connectivity index (χ0n) is 7.70. The van der Waals surface area contributed by atoms with Gasteiger partial charge in [0.2, 0.25) is 0 Å². The Morgan fingerprint density at radius 3 is 2.79 bits per heavy atom. The Morgan fingerprint density at radius 2 is 2.29 bits per heavy atom. The van der Waals surface area contributed by atoms with Gasteiger partial charge in [-0.25, -0.2) is 0 Å². The Bertz CT molecular complexity index is 328. The van der Waals surface area contributed by atoms with Gasteiger partial charge in [0.05, 0.1) is 18.4 Å². The predicted molar refractivity (Wildman–Crippen MR) is 54.1 cm³/mol. The molecule has 0 fully saturated rings. The molecule has 0 amide bonds. The van der Waals surface area contributed by atoms with Crippen molar-refractivity contribution in [2.45, 2.75) is 6.42 Å². The van der Waals surface area contributed by atoms with Crippen molar-refractivity contribution in [3.63, 3.8) is 0 Å². The van der Waals surface area contributed by atoms with Crippen molar-refractivity contribution in [2.24, 2.45) is 5.92 Å². The van der Waals surface area contributed by atoms with E-state index in [4.69, 9.17) is 0 Å². The van der Waals surface area contributed by atoms with Crippen LogP contribution < -0.4 is 10.8 Å². The number of hydrogen-bond donors (Lipinski definition) is 1. The van der Waals surface area contributed by atoms with Crippen molar-refractivity contribution in [3.05, 3.63) is 34.3 Å². The fourth-order valence-electron chi connectivity index (χ4n) is 1.25. The summed E-state index contributed by atoms with van der Waals surface area (Å²) in [6, 6.07) is 7.60. The number of benzene rings is 1. The molecule has 0 radical (unpaired) electrons. The molecule has 0 aromatic heterocycles. The van der Waals surface area contributed by atoms with E-state index in [1.165, 1.54) is 0 Å². The van der Waals surface area contributed by atoms with Crippen LogP contribution in [0.15, 0.2) is 28.7 Å². The molecule has 1 aromatic rings. The molecule has 3 nitrogen and oxygen atoms in total. The number of aliphatic carboxylic acids is 1. The second-order valence-corrected chi connectivity index (χ2v) is 4.05. The molecule has 0 aliphatic rings. The Balaban J connectivity index is 2.72. The molecular weight excluding hydrogens is 246 g/mol. The molecule has 0 aliphatic heterocycles. The van der Waals surface area contributed by atoms with Crippen molar-refractivity contribution < 1.29 is 15.6 Å². The molecule has 0 saturated carbocycles. The molecule has 0 saturated heterocycles. The van der Waals surface area contributed by atoms with E-state index in [1.807, 2.05) is 24.3 Å². The van der Waals surface area contributed by atoms with Gasteiger partial charge in [-0.15, -0.1) is 0 Å². The van der Waals surface area contributed by atoms with Crippen LogP contribution in [0.4, 0.5) is 0 Å². The van der Waals surface area contributed by atoms with Crippen LogP contribution in [0.1, 0.15) is 5.56 Å². The summed E-state index contributed by atoms with van der Waals surface area (Å²) in [4.78, 5) is 10.7. The van der Waals surface area contributed by atoms with Crippen LogP contribution in [0.25, 0.3) is 0 Å². The molecule has 0 bridgehead atoms. The first-order valence-corrected chi connectivity index (χ1v) is 5.17. The summed E-state index contributed by atoms with van der Waals surface area (Å²) in [6.45, 7) is 0.356. The number of quaternary nitrogens is 1. The average molecular weight is 258 g/mol. The third-order valence-corrected chi connectivity index (χ3v) is 2.55. The standard InChI is InChI=1S/C10H12BrNO2/c11-9-3-1-2-7(5-9)4-8(6-12)10(13)14/h1-3,5,8H,4,6,12H2,(H,13,14)/t8-/m1/s1. The molecule has 1 atom stereocenters. The van der Waals surface area contributed by atoms with Gasteiger partial charge in [-0.2, -0.15) is 0 Å². The van der Waals surface area contributed by atoms with Crippen molar-refractivity contribution in [1.82, 2.24) is 0 Å². The van der Waals surface area contributed by atoms with Crippen molar-refractivity contribution in [2.75, 3.05) is 6.54 Å². The first kappa shape index (κ1) is 11.2. The van der Waals surface area contributed by atoms with E-state index >= 15 is 0 Å². The Morgan fingerprint density at radius 1 is 1.57 bits per heavy atom. The molecule has 0 unspecified atom stereocenters. The SMILES string of the molecule is [NH3+]C[C@@H](Cc1cccc(Br)c1)C(=O)[O-]. The number of hydrogen-bond acceptors (Lipinski definition) is 2. The van der Waals surface area contributed by atoms with Crippen LogP contribution in [0.5, 0.6) is 0 Å². The Labute approximate surface area is 91.1 Å². The molecule has 14 heavy (non-hydrogen) atoms. The highest BCUT2D eigenvalue weighted by atomic mass is 79.9. The number of carbonyl (C=O) groups excluding carboxylic acids is 1. The predicted octanol–water partition coefficient (Wildman–Crippen LogP) is -0.400. The minimum Gasteiger partial charge on any atom is -0.550 e. The molecule has 1 rings (SSSR count). The number of carboxylic acid groups (broad SMARTS) is 1. The summed E-state index contributed by atoms with van der Waals surface area (Å²) in [5.74, 6) is -1.52. The van der Waals surface area contributed by atoms with E-state index in [1.54, 1.807) is 0 Å². The maximum atomic E-state index is 10.7. The lowest BCUT2D eigenvalue weighted by atomic mass is 10.00. The normalized spacial score (nSPS) is 12.4. The number of carboxylic acids is 1. The summed E-state index contributed by atoms with van der Waals surface area (Å²) in [5.41, 5.74) is 4.58. The van der Waals surface area contributed by atoms with Crippen LogP contribution in [0.2, 0.25) is 0 Å². The highest BCUT2D eigenvalue weighted by molar-refractivity contribution is 9.10. The van der Waals surface area contributed by atoms with Gasteiger partial charge in [0.15, 0.2) is 0 Å². The topological polar surface area (TPSA) is 67.8 Å². The van der Waals surface area contributed by atoms with E-state index in [-0.39, 0.29) is 0 Å². The quantitative estimate of drug-likeness (QED) is 0.798. The van der Waals surface area contributed by atoms with Crippen LogP contribution in [0.3, 0.4) is 0 Å². The fraction of sp³-hybridized carbons (Fsp3) is 0.300. The second-order valence-electron chi connectivity index (χ2n) is 3.14. The van der Waals surface area contributed by atoms with Gasteiger partial charge in [-0.05, 0) is 24.1 Å². The fourth-order valence-corrected chi connectivity index (χ4v) is 1.70. The van der Waals surface area contributed by atoms with Crippen molar-refractivity contribution >= 4 is 21.9 Å². The smallest absolute Gasteiger partial charge is 0.0824 e. The minimum atomic E-state index is -1.03. The zero-order valence-corrected chi connectivity index (χ0v) is 9.29. The highest BCUT2D eigenvalue weighted by Crippen LogP contribution is 2.14. The van der Waals surface area contributed by atoms with E-state index in [2.05, 4.69) is 21.7 Å². The third kappa shape index (κ3) is 3.12. The lowest BCUT2D eigenvalue weighted by molar-refractivity contribution is -0.387. The highest BCUT2D eigenvalue weighted by Gasteiger charge is 2.10. The van der Waals surface area contributed by atoms with Gasteiger partial charge in [-0.1, -0.05) is 28.1 Å². The molecule has 76 valence electrons. The number of halogens is 1. The summed E-state index contributed by atoms with van der Waals surface area (Å²) in [7, 11) is 0. The largest absolute Gasteiger partial charge is 0.550 e. The van der Waals surface area contributed by atoms with Gasteiger partial charge in [0.25, 0.3) is 0 Å². The molecule has 0 aliphatic carbocycles. The Kier molecular flexibility index (Phi) is 4.10. The number of rotatable bonds is 4. The monoisotopic (exact) mass is 257 g/mol. The van der Waals surface area contributed by atoms with Gasteiger partial charge in [0, 0.05) is 4.47 Å². The Hall–Kier alpha value is -0.870. The first-order chi connectivity index (χ1) is 6.63. The maximum Gasteiger partial charge on any atom is 0.0824 e. The lowest BCUT2D eigenvalue weighted by Gasteiger charge is -2.13. The summed E-state index contributed by atoms with van der Waals surface area (Å²) < 4.78 is 0.955. The minimum absolute atomic E-state index is 0.356. The van der Waals surface area contributed by atoms with Crippen LogP contribution in [-0.4, -0.2) is 12.5 Å². The van der Waals surface area contributed by atoms with Crippen LogP contribution >= 0.6 is 15.9 Å². The van der Waals surface area contributed by atoms with Crippen molar-refractivity contribution in [1.29, 1.82) is 0 Å². The molecule has 0 heterocycles. The van der Waals surface area contributed by atoms with Gasteiger partial charge < -0.3 is 15.6 Å².